The third kappa shape index (κ3) is 3.92. The van der Waals surface area contributed by atoms with Crippen molar-refractivity contribution in [2.75, 3.05) is 6.61 Å². The normalized spacial score (nSPS) is 11.6. The molecule has 0 atom stereocenters. The fourth-order valence-electron chi connectivity index (χ4n) is 2.39. The molecular formula is C17H18N2O4S2. The lowest BCUT2D eigenvalue weighted by molar-refractivity contribution is 0.336. The number of aryl methyl sites for hydroxylation is 1. The van der Waals surface area contributed by atoms with Crippen molar-refractivity contribution in [1.82, 2.24) is 9.88 Å². The lowest BCUT2D eigenvalue weighted by Gasteiger charge is -2.11. The summed E-state index contributed by atoms with van der Waals surface area (Å²) in [6.07, 6.45) is 1.53. The summed E-state index contributed by atoms with van der Waals surface area (Å²) < 4.78 is 38.7. The third-order valence-corrected chi connectivity index (χ3v) is 6.29. The topological polar surface area (TPSA) is 81.4 Å². The predicted molar refractivity (Wildman–Crippen MR) is 96.2 cm³/mol. The van der Waals surface area contributed by atoms with Crippen LogP contribution in [0.5, 0.6) is 5.75 Å². The van der Waals surface area contributed by atoms with E-state index in [0.29, 0.717) is 23.0 Å². The molecule has 132 valence electrons. The van der Waals surface area contributed by atoms with Crippen LogP contribution in [0, 0.1) is 6.92 Å². The summed E-state index contributed by atoms with van der Waals surface area (Å²) in [4.78, 5) is 1.67. The Labute approximate surface area is 150 Å². The minimum absolute atomic E-state index is 0.158. The van der Waals surface area contributed by atoms with Crippen molar-refractivity contribution < 1.29 is 17.7 Å². The van der Waals surface area contributed by atoms with Crippen molar-refractivity contribution in [1.29, 1.82) is 0 Å². The van der Waals surface area contributed by atoms with Gasteiger partial charge < -0.3 is 9.26 Å². The maximum atomic E-state index is 12.7. The highest BCUT2D eigenvalue weighted by Gasteiger charge is 2.21. The molecule has 0 aliphatic carbocycles. The van der Waals surface area contributed by atoms with Crippen LogP contribution in [0.2, 0.25) is 0 Å². The zero-order valence-corrected chi connectivity index (χ0v) is 15.5. The molecule has 8 heteroatoms. The van der Waals surface area contributed by atoms with Crippen LogP contribution in [0.1, 0.15) is 17.4 Å². The van der Waals surface area contributed by atoms with Crippen LogP contribution >= 0.6 is 11.3 Å². The van der Waals surface area contributed by atoms with E-state index in [1.165, 1.54) is 17.5 Å². The Bertz CT molecular complexity index is 947. The Hall–Kier alpha value is -2.16. The minimum atomic E-state index is -3.65. The molecule has 0 saturated carbocycles. The summed E-state index contributed by atoms with van der Waals surface area (Å²) in [7, 11) is -3.65. The van der Waals surface area contributed by atoms with Crippen LogP contribution in [0.25, 0.3) is 10.6 Å². The maximum Gasteiger partial charge on any atom is 0.241 e. The van der Waals surface area contributed by atoms with Crippen molar-refractivity contribution in [2.45, 2.75) is 25.3 Å². The molecule has 3 aromatic rings. The molecule has 0 unspecified atom stereocenters. The monoisotopic (exact) mass is 378 g/mol. The van der Waals surface area contributed by atoms with Gasteiger partial charge in [0.2, 0.25) is 10.0 Å². The van der Waals surface area contributed by atoms with Gasteiger partial charge >= 0.3 is 0 Å². The molecule has 0 amide bonds. The van der Waals surface area contributed by atoms with E-state index in [9.17, 15) is 8.42 Å². The number of hydrogen-bond acceptors (Lipinski definition) is 6. The second-order valence-corrected chi connectivity index (χ2v) is 8.26. The van der Waals surface area contributed by atoms with Crippen molar-refractivity contribution in [3.63, 3.8) is 0 Å². The molecule has 0 bridgehead atoms. The molecule has 0 aliphatic rings. The number of benzene rings is 1. The average molecular weight is 378 g/mol. The van der Waals surface area contributed by atoms with E-state index in [1.54, 1.807) is 19.1 Å². The van der Waals surface area contributed by atoms with Crippen LogP contribution in [-0.4, -0.2) is 20.2 Å². The third-order valence-electron chi connectivity index (χ3n) is 3.57. The highest BCUT2D eigenvalue weighted by Crippen LogP contribution is 2.33. The summed E-state index contributed by atoms with van der Waals surface area (Å²) >= 11 is 1.35. The van der Waals surface area contributed by atoms with Gasteiger partial charge in [-0.1, -0.05) is 23.4 Å². The molecule has 2 heterocycles. The Morgan fingerprint density at radius 1 is 1.28 bits per heavy atom. The van der Waals surface area contributed by atoms with E-state index in [2.05, 4.69) is 9.88 Å². The SMILES string of the molecule is CCOc1ccccc1CNS(=O)(=O)c1cc(-c2ccno2)sc1C. The molecule has 1 aromatic carbocycles. The lowest BCUT2D eigenvalue weighted by atomic mass is 10.2. The number of sulfonamides is 1. The molecule has 6 nitrogen and oxygen atoms in total. The maximum absolute atomic E-state index is 12.7. The fourth-order valence-corrected chi connectivity index (χ4v) is 4.95. The predicted octanol–water partition coefficient (Wildman–Crippen LogP) is 3.59. The van der Waals surface area contributed by atoms with Crippen LogP contribution in [0.4, 0.5) is 0 Å². The van der Waals surface area contributed by atoms with Crippen molar-refractivity contribution in [2.24, 2.45) is 0 Å². The largest absolute Gasteiger partial charge is 0.494 e. The number of nitrogens with zero attached hydrogens (tertiary/aromatic N) is 1. The van der Waals surface area contributed by atoms with Crippen LogP contribution < -0.4 is 9.46 Å². The van der Waals surface area contributed by atoms with Gasteiger partial charge in [-0.3, -0.25) is 0 Å². The zero-order valence-electron chi connectivity index (χ0n) is 13.9. The van der Waals surface area contributed by atoms with E-state index in [0.717, 1.165) is 10.4 Å². The van der Waals surface area contributed by atoms with Crippen molar-refractivity contribution in [3.8, 4) is 16.4 Å². The average Bonchev–Trinajstić information content (AvgIpc) is 3.24. The first kappa shape index (κ1) is 17.7. The van der Waals surface area contributed by atoms with Gasteiger partial charge in [0.1, 0.15) is 5.75 Å². The van der Waals surface area contributed by atoms with Gasteiger partial charge in [-0.2, -0.15) is 0 Å². The standard InChI is InChI=1S/C17H18N2O4S2/c1-3-22-14-7-5-4-6-13(14)11-19-25(20,21)17-10-16(24-12(17)2)15-8-9-18-23-15/h4-10,19H,3,11H2,1-2H3. The molecule has 1 N–H and O–H groups in total. The second-order valence-electron chi connectivity index (χ2n) is 5.27. The molecule has 0 aliphatic heterocycles. The first-order valence-corrected chi connectivity index (χ1v) is 10.0. The Morgan fingerprint density at radius 2 is 2.08 bits per heavy atom. The number of hydrogen-bond donors (Lipinski definition) is 1. The summed E-state index contributed by atoms with van der Waals surface area (Å²) in [5.74, 6) is 1.23. The Kier molecular flexibility index (Phi) is 5.22. The quantitative estimate of drug-likeness (QED) is 0.679. The highest BCUT2D eigenvalue weighted by molar-refractivity contribution is 7.89. The summed E-state index contributed by atoms with van der Waals surface area (Å²) in [5.41, 5.74) is 0.788. The molecule has 25 heavy (non-hydrogen) atoms. The van der Waals surface area contributed by atoms with E-state index in [1.807, 2.05) is 31.2 Å². The number of ether oxygens (including phenoxy) is 1. The Morgan fingerprint density at radius 3 is 2.80 bits per heavy atom. The number of nitrogens with one attached hydrogen (secondary N) is 1. The molecular weight excluding hydrogens is 360 g/mol. The van der Waals surface area contributed by atoms with Crippen LogP contribution in [0.15, 0.2) is 52.0 Å². The van der Waals surface area contributed by atoms with Crippen molar-refractivity contribution in [3.05, 3.63) is 53.0 Å². The summed E-state index contributed by atoms with van der Waals surface area (Å²) in [6, 6.07) is 10.7. The fraction of sp³-hybridized carbons (Fsp3) is 0.235. The number of para-hydroxylation sites is 1. The summed E-state index contributed by atoms with van der Waals surface area (Å²) in [6.45, 7) is 4.34. The van der Waals surface area contributed by atoms with Gasteiger partial charge in [-0.15, -0.1) is 11.3 Å². The number of aromatic nitrogens is 1. The van der Waals surface area contributed by atoms with Gasteiger partial charge in [0, 0.05) is 23.1 Å². The van der Waals surface area contributed by atoms with E-state index >= 15 is 0 Å². The molecule has 3 rings (SSSR count). The first-order valence-electron chi connectivity index (χ1n) is 7.73. The highest BCUT2D eigenvalue weighted by atomic mass is 32.2. The first-order chi connectivity index (χ1) is 12.0. The molecule has 2 aromatic heterocycles. The van der Waals surface area contributed by atoms with E-state index in [-0.39, 0.29) is 11.4 Å². The van der Waals surface area contributed by atoms with E-state index in [4.69, 9.17) is 9.26 Å². The second kappa shape index (κ2) is 7.38. The van der Waals surface area contributed by atoms with Crippen LogP contribution in [0.3, 0.4) is 0 Å². The number of thiophene rings is 1. The van der Waals surface area contributed by atoms with Crippen LogP contribution in [-0.2, 0) is 16.6 Å². The van der Waals surface area contributed by atoms with Gasteiger partial charge in [0.05, 0.1) is 22.6 Å². The molecule has 0 saturated heterocycles. The minimum Gasteiger partial charge on any atom is -0.494 e. The van der Waals surface area contributed by atoms with Gasteiger partial charge in [-0.25, -0.2) is 13.1 Å². The van der Waals surface area contributed by atoms with E-state index < -0.39 is 10.0 Å². The lowest BCUT2D eigenvalue weighted by Crippen LogP contribution is -2.23. The van der Waals surface area contributed by atoms with Gasteiger partial charge in [0.15, 0.2) is 5.76 Å². The summed E-state index contributed by atoms with van der Waals surface area (Å²) in [5, 5.41) is 3.66. The van der Waals surface area contributed by atoms with Gasteiger partial charge in [0.25, 0.3) is 0 Å². The smallest absolute Gasteiger partial charge is 0.241 e. The van der Waals surface area contributed by atoms with Gasteiger partial charge in [-0.05, 0) is 26.0 Å². The Balaban J connectivity index is 1.81. The number of rotatable bonds is 7. The molecule has 0 radical (unpaired) electrons. The molecule has 0 spiro atoms. The van der Waals surface area contributed by atoms with Crippen molar-refractivity contribution >= 4 is 21.4 Å². The molecule has 0 fully saturated rings. The zero-order chi connectivity index (χ0) is 17.9.